The lowest BCUT2D eigenvalue weighted by Gasteiger charge is -2.46. The molecular formula is C98H59BN4. The van der Waals surface area contributed by atoms with E-state index >= 15 is 0 Å². The van der Waals surface area contributed by atoms with Crippen molar-refractivity contribution in [2.45, 2.75) is 10.8 Å². The van der Waals surface area contributed by atoms with Crippen LogP contribution in [-0.4, -0.2) is 15.8 Å². The van der Waals surface area contributed by atoms with Crippen LogP contribution in [0.5, 0.6) is 0 Å². The fraction of sp³-hybridized carbons (Fsp3) is 0.0204. The van der Waals surface area contributed by atoms with Gasteiger partial charge in [0.15, 0.2) is 0 Å². The Morgan fingerprint density at radius 3 is 1.11 bits per heavy atom. The molecule has 0 saturated heterocycles. The van der Waals surface area contributed by atoms with Crippen LogP contribution in [0.15, 0.2) is 358 Å². The quantitative estimate of drug-likeness (QED) is 0.160. The summed E-state index contributed by atoms with van der Waals surface area (Å²) >= 11 is 0. The molecule has 474 valence electrons. The van der Waals surface area contributed by atoms with Gasteiger partial charge in [-0.25, -0.2) is 0 Å². The highest BCUT2D eigenvalue weighted by atomic mass is 15.2. The van der Waals surface area contributed by atoms with Gasteiger partial charge in [-0.15, -0.1) is 0 Å². The molecule has 6 aliphatic rings. The molecule has 0 radical (unpaired) electrons. The molecule has 103 heavy (non-hydrogen) atoms. The first-order chi connectivity index (χ1) is 51.1. The number of para-hydroxylation sites is 4. The maximum Gasteiger partial charge on any atom is 0.252 e. The van der Waals surface area contributed by atoms with Gasteiger partial charge in [-0.3, -0.25) is 0 Å². The van der Waals surface area contributed by atoms with Crippen molar-refractivity contribution in [2.75, 3.05) is 9.80 Å². The van der Waals surface area contributed by atoms with Crippen molar-refractivity contribution in [1.29, 1.82) is 0 Å². The van der Waals surface area contributed by atoms with E-state index in [0.717, 1.165) is 50.8 Å². The maximum atomic E-state index is 2.75. The monoisotopic (exact) mass is 1300 g/mol. The molecule has 0 bridgehead atoms. The number of aromatic nitrogens is 2. The molecule has 5 heteroatoms. The van der Waals surface area contributed by atoms with Gasteiger partial charge >= 0.3 is 0 Å². The molecule has 16 aromatic carbocycles. The maximum absolute atomic E-state index is 2.75. The molecule has 0 N–H and O–H groups in total. The van der Waals surface area contributed by atoms with Crippen molar-refractivity contribution in [3.8, 4) is 67.0 Å². The predicted molar refractivity (Wildman–Crippen MR) is 427 cm³/mol. The van der Waals surface area contributed by atoms with Crippen molar-refractivity contribution in [3.63, 3.8) is 0 Å². The summed E-state index contributed by atoms with van der Waals surface area (Å²) in [7, 11) is 0. The minimum absolute atomic E-state index is 0.251. The van der Waals surface area contributed by atoms with Crippen LogP contribution in [0.2, 0.25) is 0 Å². The van der Waals surface area contributed by atoms with Crippen LogP contribution < -0.4 is 26.2 Å². The molecule has 4 heterocycles. The minimum atomic E-state index is -0.678. The van der Waals surface area contributed by atoms with E-state index in [0.29, 0.717) is 0 Å². The van der Waals surface area contributed by atoms with Crippen LogP contribution >= 0.6 is 0 Å². The molecule has 2 spiro atoms. The molecule has 4 nitrogen and oxygen atoms in total. The summed E-state index contributed by atoms with van der Waals surface area (Å²) in [5.41, 5.74) is 39.2. The van der Waals surface area contributed by atoms with E-state index in [4.69, 9.17) is 0 Å². The van der Waals surface area contributed by atoms with Gasteiger partial charge in [-0.2, -0.15) is 0 Å². The molecule has 0 saturated carbocycles. The molecule has 2 aliphatic heterocycles. The number of rotatable bonds is 5. The van der Waals surface area contributed by atoms with E-state index in [-0.39, 0.29) is 6.71 Å². The summed E-state index contributed by atoms with van der Waals surface area (Å²) < 4.78 is 5.08. The van der Waals surface area contributed by atoms with Crippen LogP contribution in [0.1, 0.15) is 44.5 Å². The van der Waals surface area contributed by atoms with Crippen LogP contribution in [0, 0.1) is 0 Å². The van der Waals surface area contributed by atoms with E-state index in [9.17, 15) is 0 Å². The van der Waals surface area contributed by atoms with E-state index < -0.39 is 10.8 Å². The Hall–Kier alpha value is -13.2. The third-order valence-electron chi connectivity index (χ3n) is 24.3. The van der Waals surface area contributed by atoms with Gasteiger partial charge in [0.1, 0.15) is 0 Å². The highest BCUT2D eigenvalue weighted by molar-refractivity contribution is 7.00. The molecule has 18 aromatic rings. The molecule has 0 unspecified atom stereocenters. The Balaban J connectivity index is 0.877. The van der Waals surface area contributed by atoms with Crippen molar-refractivity contribution < 1.29 is 0 Å². The van der Waals surface area contributed by atoms with Crippen LogP contribution in [0.4, 0.5) is 34.1 Å². The van der Waals surface area contributed by atoms with E-state index in [2.05, 4.69) is 377 Å². The normalized spacial score (nSPS) is 14.3. The number of hydrogen-bond acceptors (Lipinski definition) is 2. The first-order valence-corrected chi connectivity index (χ1v) is 36.1. The van der Waals surface area contributed by atoms with Gasteiger partial charge in [0.25, 0.3) is 6.71 Å². The SMILES string of the molecule is c1ccc(-c2ccc(N3c4cc5c(cc4B4c6ccc(-n7c8ccccc8c8ccccc87)cc6N(c6cccc7c6C6(c8ccccc8-c8ccccc86)c6ccccc6-7)c6cc(-n7c8ccccc8c8ccccc87)cc3c64)-c3ccccc3C53c4ccccc4-c4ccccc43)cc2)cc1. The largest absolute Gasteiger partial charge is 0.311 e. The zero-order valence-corrected chi connectivity index (χ0v) is 55.9. The summed E-state index contributed by atoms with van der Waals surface area (Å²) in [5, 5.41) is 4.90. The van der Waals surface area contributed by atoms with Crippen molar-refractivity contribution >= 4 is 101 Å². The smallest absolute Gasteiger partial charge is 0.252 e. The molecule has 4 aliphatic carbocycles. The van der Waals surface area contributed by atoms with Gasteiger partial charge in [0.2, 0.25) is 0 Å². The summed E-state index contributed by atoms with van der Waals surface area (Å²) in [6, 6.07) is 137. The number of benzene rings is 16. The zero-order valence-electron chi connectivity index (χ0n) is 55.9. The van der Waals surface area contributed by atoms with E-state index in [1.807, 2.05) is 0 Å². The topological polar surface area (TPSA) is 16.3 Å². The summed E-state index contributed by atoms with van der Waals surface area (Å²) in [6.45, 7) is -0.251. The molecule has 24 rings (SSSR count). The molecule has 0 atom stereocenters. The third kappa shape index (κ3) is 6.97. The first kappa shape index (κ1) is 55.6. The second-order valence-corrected chi connectivity index (χ2v) is 28.8. The molecule has 0 fully saturated rings. The van der Waals surface area contributed by atoms with Gasteiger partial charge in [0.05, 0.1) is 44.3 Å². The highest BCUT2D eigenvalue weighted by Gasteiger charge is 2.56. The third-order valence-corrected chi connectivity index (χ3v) is 24.3. The van der Waals surface area contributed by atoms with Crippen LogP contribution in [0.3, 0.4) is 0 Å². The lowest BCUT2D eigenvalue weighted by atomic mass is 9.33. The second-order valence-electron chi connectivity index (χ2n) is 28.8. The van der Waals surface area contributed by atoms with Crippen LogP contribution in [-0.2, 0) is 10.8 Å². The molecule has 0 amide bonds. The average Bonchev–Trinajstić information content (AvgIpc) is 1.55. The zero-order chi connectivity index (χ0) is 67.0. The first-order valence-electron chi connectivity index (χ1n) is 36.1. The molecular weight excluding hydrogens is 1240 g/mol. The van der Waals surface area contributed by atoms with Gasteiger partial charge < -0.3 is 18.9 Å². The van der Waals surface area contributed by atoms with E-state index in [1.165, 1.54) is 155 Å². The van der Waals surface area contributed by atoms with Crippen molar-refractivity contribution in [3.05, 3.63) is 402 Å². The Kier molecular flexibility index (Phi) is 10.9. The Morgan fingerprint density at radius 1 is 0.214 bits per heavy atom. The van der Waals surface area contributed by atoms with Crippen molar-refractivity contribution in [2.24, 2.45) is 0 Å². The Labute approximate surface area is 596 Å². The highest BCUT2D eigenvalue weighted by Crippen LogP contribution is 2.67. The Bertz CT molecular complexity index is 6570. The number of anilines is 6. The number of nitrogens with zero attached hydrogens (tertiary/aromatic N) is 4. The standard InChI is InChI=1S/C98H59BN4/c1-2-25-60(26-3-1)61-49-51-62(52-50-61)100-92-59-83-76(70-32-9-16-40-79(70)97(83)77-38-14-4-27-65(77)66-28-5-15-39-78(66)97)58-85(92)99-84-54-53-63(101-86-44-20-10-33-71(86)72-34-11-21-45-87(72)101)55-91(84)103(94-57-64(56-93(100)96(94)99)102-88-46-22-12-35-73(88)74-36-13-23-47-89(74)102)90-48-24-37-75-69-31-8-19-43-82(69)98(95(75)90)80-41-17-6-29-67(80)68-30-7-18-42-81(68)98/h1-59H. The van der Waals surface area contributed by atoms with E-state index in [1.54, 1.807) is 0 Å². The lowest BCUT2D eigenvalue weighted by molar-refractivity contribution is 0.793. The second kappa shape index (κ2) is 20.3. The lowest BCUT2D eigenvalue weighted by Crippen LogP contribution is -2.61. The predicted octanol–water partition coefficient (Wildman–Crippen LogP) is 22.3. The fourth-order valence-corrected chi connectivity index (χ4v) is 20.5. The fourth-order valence-electron chi connectivity index (χ4n) is 20.5. The minimum Gasteiger partial charge on any atom is -0.311 e. The average molecular weight is 1300 g/mol. The summed E-state index contributed by atoms with van der Waals surface area (Å²) in [5.74, 6) is 0. The molecule has 2 aromatic heterocycles. The summed E-state index contributed by atoms with van der Waals surface area (Å²) in [4.78, 5) is 5.42. The number of fused-ring (bicyclic) bond motifs is 30. The summed E-state index contributed by atoms with van der Waals surface area (Å²) in [6.07, 6.45) is 0. The van der Waals surface area contributed by atoms with Crippen molar-refractivity contribution in [1.82, 2.24) is 9.13 Å². The van der Waals surface area contributed by atoms with Gasteiger partial charge in [-0.1, -0.05) is 285 Å². The van der Waals surface area contributed by atoms with Gasteiger partial charge in [0, 0.05) is 61.2 Å². The van der Waals surface area contributed by atoms with Crippen LogP contribution in [0.25, 0.3) is 111 Å². The Morgan fingerprint density at radius 2 is 0.592 bits per heavy atom. The number of hydrogen-bond donors (Lipinski definition) is 0. The van der Waals surface area contributed by atoms with Gasteiger partial charge in [-0.05, 0) is 184 Å².